The number of fused-ring (bicyclic) bond motifs is 1. The zero-order valence-corrected chi connectivity index (χ0v) is 20.0. The van der Waals surface area contributed by atoms with Crippen molar-refractivity contribution in [3.8, 4) is 16.9 Å². The average Bonchev–Trinajstić information content (AvgIpc) is 3.16. The third-order valence-electron chi connectivity index (χ3n) is 6.01. The van der Waals surface area contributed by atoms with Gasteiger partial charge in [0, 0.05) is 5.56 Å². The van der Waals surface area contributed by atoms with Crippen LogP contribution in [-0.4, -0.2) is 25.1 Å². The number of esters is 1. The van der Waals surface area contributed by atoms with Gasteiger partial charge in [-0.1, -0.05) is 73.7 Å². The van der Waals surface area contributed by atoms with E-state index in [4.69, 9.17) is 15.2 Å². The lowest BCUT2D eigenvalue weighted by molar-refractivity contribution is -0.145. The first-order chi connectivity index (χ1) is 17.0. The second-order valence-corrected chi connectivity index (χ2v) is 8.24. The van der Waals surface area contributed by atoms with Crippen LogP contribution in [0.5, 0.6) is 5.75 Å². The Morgan fingerprint density at radius 3 is 2.29 bits per heavy atom. The van der Waals surface area contributed by atoms with Gasteiger partial charge in [0.05, 0.1) is 13.0 Å². The van der Waals surface area contributed by atoms with Crippen molar-refractivity contribution in [2.24, 2.45) is 5.73 Å². The third kappa shape index (κ3) is 5.19. The maximum absolute atomic E-state index is 12.0. The maximum Gasteiger partial charge on any atom is 0.344 e. The molecule has 0 aromatic heterocycles. The fraction of sp³-hybridized carbons (Fsp3) is 0.200. The Kier molecular flexibility index (Phi) is 7.46. The molecule has 3 aromatic rings. The van der Waals surface area contributed by atoms with E-state index in [1.54, 1.807) is 6.92 Å². The van der Waals surface area contributed by atoms with Crippen molar-refractivity contribution in [1.82, 2.24) is 0 Å². The summed E-state index contributed by atoms with van der Waals surface area (Å²) in [5, 5.41) is 0. The second kappa shape index (κ2) is 10.9. The highest BCUT2D eigenvalue weighted by atomic mass is 16.6. The highest BCUT2D eigenvalue weighted by Crippen LogP contribution is 2.49. The van der Waals surface area contributed by atoms with Crippen molar-refractivity contribution in [3.05, 3.63) is 95.1 Å². The molecule has 1 amide bonds. The van der Waals surface area contributed by atoms with Crippen LogP contribution in [0.25, 0.3) is 28.3 Å². The number of benzene rings is 3. The number of hydrogen-bond donors (Lipinski definition) is 1. The lowest BCUT2D eigenvalue weighted by atomic mass is 9.94. The minimum atomic E-state index is -0.438. The number of ether oxygens (including phenoxy) is 2. The van der Waals surface area contributed by atoms with Crippen molar-refractivity contribution in [1.29, 1.82) is 0 Å². The first-order valence-electron chi connectivity index (χ1n) is 11.8. The van der Waals surface area contributed by atoms with Gasteiger partial charge in [0.2, 0.25) is 5.91 Å². The number of amides is 1. The monoisotopic (exact) mass is 467 g/mol. The first-order valence-corrected chi connectivity index (χ1v) is 11.8. The molecule has 0 atom stereocenters. The molecule has 35 heavy (non-hydrogen) atoms. The van der Waals surface area contributed by atoms with Gasteiger partial charge in [-0.3, -0.25) is 4.79 Å². The van der Waals surface area contributed by atoms with Crippen LogP contribution in [0.15, 0.2) is 78.4 Å². The van der Waals surface area contributed by atoms with E-state index in [2.05, 4.69) is 37.3 Å². The fourth-order valence-corrected chi connectivity index (χ4v) is 4.60. The molecule has 0 bridgehead atoms. The molecular weight excluding hydrogens is 438 g/mol. The second-order valence-electron chi connectivity index (χ2n) is 8.24. The number of primary amides is 1. The minimum Gasteiger partial charge on any atom is -0.481 e. The van der Waals surface area contributed by atoms with Crippen LogP contribution < -0.4 is 10.5 Å². The van der Waals surface area contributed by atoms with Crippen LogP contribution >= 0.6 is 0 Å². The van der Waals surface area contributed by atoms with Gasteiger partial charge >= 0.3 is 5.97 Å². The standard InChI is InChI=1S/C30H29NO4/c1-3-22-25(17-21-13-8-9-14-23(21)20-11-6-5-7-12-20)24-15-10-16-27(35-19-29(33)34-4-2)30(24)26(22)18-28(31)32/h5-17H,3-4,18-19H2,1-2H3,(H2,31,32). The molecule has 0 radical (unpaired) electrons. The van der Waals surface area contributed by atoms with E-state index in [1.165, 1.54) is 0 Å². The van der Waals surface area contributed by atoms with E-state index in [0.717, 1.165) is 44.5 Å². The van der Waals surface area contributed by atoms with E-state index in [9.17, 15) is 9.59 Å². The molecule has 3 aromatic carbocycles. The van der Waals surface area contributed by atoms with Crippen LogP contribution in [0.1, 0.15) is 43.4 Å². The number of hydrogen-bond acceptors (Lipinski definition) is 4. The fourth-order valence-electron chi connectivity index (χ4n) is 4.60. The molecule has 0 saturated heterocycles. The summed E-state index contributed by atoms with van der Waals surface area (Å²) in [5.41, 5.74) is 13.7. The average molecular weight is 468 g/mol. The summed E-state index contributed by atoms with van der Waals surface area (Å²) in [4.78, 5) is 24.0. The van der Waals surface area contributed by atoms with Crippen molar-refractivity contribution in [3.63, 3.8) is 0 Å². The molecule has 0 spiro atoms. The SMILES string of the molecule is CCOC(=O)COc1cccc2c1C(CC(N)=O)=C(CC)C2=Cc1ccccc1-c1ccccc1. The van der Waals surface area contributed by atoms with Gasteiger partial charge in [-0.05, 0) is 64.5 Å². The zero-order chi connectivity index (χ0) is 24.8. The van der Waals surface area contributed by atoms with Crippen LogP contribution in [0, 0.1) is 0 Å². The van der Waals surface area contributed by atoms with Crippen LogP contribution in [0.2, 0.25) is 0 Å². The summed E-state index contributed by atoms with van der Waals surface area (Å²) in [6, 6.07) is 24.2. The minimum absolute atomic E-state index is 0.0909. The van der Waals surface area contributed by atoms with Crippen LogP contribution in [0.3, 0.4) is 0 Å². The largest absolute Gasteiger partial charge is 0.481 e. The number of allylic oxidation sites excluding steroid dienone is 2. The number of rotatable bonds is 9. The molecule has 0 heterocycles. The summed E-state index contributed by atoms with van der Waals surface area (Å²) in [5.74, 6) is -0.313. The highest BCUT2D eigenvalue weighted by molar-refractivity contribution is 6.10. The Bertz CT molecular complexity index is 1300. The number of carbonyl (C=O) groups is 2. The van der Waals surface area contributed by atoms with Gasteiger partial charge in [0.15, 0.2) is 6.61 Å². The molecule has 2 N–H and O–H groups in total. The Balaban J connectivity index is 1.86. The van der Waals surface area contributed by atoms with Crippen molar-refractivity contribution >= 4 is 29.1 Å². The third-order valence-corrected chi connectivity index (χ3v) is 6.01. The summed E-state index contributed by atoms with van der Waals surface area (Å²) < 4.78 is 10.9. The molecule has 0 saturated carbocycles. The van der Waals surface area contributed by atoms with E-state index in [0.29, 0.717) is 12.2 Å². The van der Waals surface area contributed by atoms with Crippen molar-refractivity contribution < 1.29 is 19.1 Å². The molecule has 1 aliphatic carbocycles. The molecule has 5 nitrogen and oxygen atoms in total. The predicted octanol–water partition coefficient (Wildman–Crippen LogP) is 5.89. The van der Waals surface area contributed by atoms with E-state index < -0.39 is 11.9 Å². The molecule has 5 heteroatoms. The van der Waals surface area contributed by atoms with Crippen LogP contribution in [0.4, 0.5) is 0 Å². The van der Waals surface area contributed by atoms with Gasteiger partial charge < -0.3 is 15.2 Å². The lowest BCUT2D eigenvalue weighted by Crippen LogP contribution is -2.15. The van der Waals surface area contributed by atoms with Crippen molar-refractivity contribution in [2.75, 3.05) is 13.2 Å². The summed E-state index contributed by atoms with van der Waals surface area (Å²) in [7, 11) is 0. The lowest BCUT2D eigenvalue weighted by Gasteiger charge is -2.13. The van der Waals surface area contributed by atoms with E-state index in [-0.39, 0.29) is 19.6 Å². The normalized spacial score (nSPS) is 13.6. The molecular formula is C30H29NO4. The molecule has 0 aliphatic heterocycles. The quantitative estimate of drug-likeness (QED) is 0.398. The summed E-state index contributed by atoms with van der Waals surface area (Å²) in [6.07, 6.45) is 2.98. The van der Waals surface area contributed by atoms with Gasteiger partial charge in [-0.2, -0.15) is 0 Å². The number of nitrogens with two attached hydrogens (primary N) is 1. The summed E-state index contributed by atoms with van der Waals surface area (Å²) >= 11 is 0. The van der Waals surface area contributed by atoms with Crippen molar-refractivity contribution in [2.45, 2.75) is 26.7 Å². The Morgan fingerprint density at radius 1 is 0.857 bits per heavy atom. The van der Waals surface area contributed by atoms with E-state index >= 15 is 0 Å². The van der Waals surface area contributed by atoms with Gasteiger partial charge in [-0.25, -0.2) is 4.79 Å². The zero-order valence-electron chi connectivity index (χ0n) is 20.0. The Labute approximate surface area is 205 Å². The topological polar surface area (TPSA) is 78.6 Å². The molecule has 1 aliphatic rings. The Hall–Kier alpha value is -4.12. The molecule has 178 valence electrons. The maximum atomic E-state index is 12.0. The molecule has 0 fully saturated rings. The van der Waals surface area contributed by atoms with Crippen LogP contribution in [-0.2, 0) is 14.3 Å². The van der Waals surface area contributed by atoms with Gasteiger partial charge in [-0.15, -0.1) is 0 Å². The highest BCUT2D eigenvalue weighted by Gasteiger charge is 2.29. The predicted molar refractivity (Wildman–Crippen MR) is 139 cm³/mol. The smallest absolute Gasteiger partial charge is 0.344 e. The van der Waals surface area contributed by atoms with E-state index in [1.807, 2.05) is 48.5 Å². The Morgan fingerprint density at radius 2 is 1.57 bits per heavy atom. The first kappa shape index (κ1) is 24.0. The number of carbonyl (C=O) groups excluding carboxylic acids is 2. The molecule has 4 rings (SSSR count). The molecule has 0 unspecified atom stereocenters. The summed E-state index contributed by atoms with van der Waals surface area (Å²) in [6.45, 7) is 3.91. The van der Waals surface area contributed by atoms with Gasteiger partial charge in [0.25, 0.3) is 0 Å². The van der Waals surface area contributed by atoms with Gasteiger partial charge in [0.1, 0.15) is 5.75 Å².